The average molecular weight is 242 g/mol. The van der Waals surface area contributed by atoms with Gasteiger partial charge in [0.15, 0.2) is 0 Å². The molecule has 1 aliphatic heterocycles. The van der Waals surface area contributed by atoms with Gasteiger partial charge in [-0.1, -0.05) is 12.1 Å². The van der Waals surface area contributed by atoms with E-state index in [-0.39, 0.29) is 0 Å². The zero-order valence-corrected chi connectivity index (χ0v) is 9.22. The molecule has 1 N–H and O–H groups in total. The van der Waals surface area contributed by atoms with Crippen molar-refractivity contribution in [1.82, 2.24) is 4.90 Å². The molecule has 1 aromatic rings. The maximum Gasteiger partial charge on any atom is 0.416 e. The van der Waals surface area contributed by atoms with Crippen molar-refractivity contribution >= 4 is 5.84 Å². The van der Waals surface area contributed by atoms with Crippen LogP contribution in [0, 0.1) is 5.41 Å². The van der Waals surface area contributed by atoms with Crippen LogP contribution in [0.3, 0.4) is 0 Å². The first-order valence-electron chi connectivity index (χ1n) is 5.45. The molecule has 0 radical (unpaired) electrons. The second-order valence-electron chi connectivity index (χ2n) is 4.17. The molecule has 0 aromatic heterocycles. The second-order valence-corrected chi connectivity index (χ2v) is 4.17. The van der Waals surface area contributed by atoms with Crippen LogP contribution < -0.4 is 0 Å². The number of benzene rings is 1. The first-order valence-corrected chi connectivity index (χ1v) is 5.45. The highest BCUT2D eigenvalue weighted by Gasteiger charge is 2.30. The van der Waals surface area contributed by atoms with Gasteiger partial charge < -0.3 is 4.90 Å². The molecule has 92 valence electrons. The van der Waals surface area contributed by atoms with Crippen molar-refractivity contribution in [2.75, 3.05) is 6.54 Å². The van der Waals surface area contributed by atoms with Crippen molar-refractivity contribution in [1.29, 1.82) is 5.41 Å². The van der Waals surface area contributed by atoms with Gasteiger partial charge in [-0.2, -0.15) is 13.2 Å². The third-order valence-electron chi connectivity index (χ3n) is 2.85. The second kappa shape index (κ2) is 4.39. The van der Waals surface area contributed by atoms with E-state index < -0.39 is 11.7 Å². The summed E-state index contributed by atoms with van der Waals surface area (Å²) in [7, 11) is 0. The van der Waals surface area contributed by atoms with Crippen LogP contribution in [0.4, 0.5) is 13.2 Å². The molecular weight excluding hydrogens is 229 g/mol. The van der Waals surface area contributed by atoms with E-state index in [2.05, 4.69) is 0 Å². The zero-order chi connectivity index (χ0) is 12.5. The highest BCUT2D eigenvalue weighted by Crippen LogP contribution is 2.30. The van der Waals surface area contributed by atoms with E-state index in [1.165, 1.54) is 6.07 Å². The van der Waals surface area contributed by atoms with E-state index in [9.17, 15) is 13.2 Å². The highest BCUT2D eigenvalue weighted by molar-refractivity contribution is 5.80. The van der Waals surface area contributed by atoms with Crippen molar-refractivity contribution < 1.29 is 13.2 Å². The minimum Gasteiger partial charge on any atom is -0.356 e. The Morgan fingerprint density at radius 2 is 2.06 bits per heavy atom. The molecule has 1 heterocycles. The number of hydrogen-bond donors (Lipinski definition) is 1. The van der Waals surface area contributed by atoms with Crippen molar-refractivity contribution in [2.45, 2.75) is 25.6 Å². The van der Waals surface area contributed by atoms with Gasteiger partial charge in [0.2, 0.25) is 0 Å². The number of hydrogen-bond acceptors (Lipinski definition) is 1. The van der Waals surface area contributed by atoms with Crippen molar-refractivity contribution in [3.8, 4) is 0 Å². The molecule has 0 unspecified atom stereocenters. The summed E-state index contributed by atoms with van der Waals surface area (Å²) in [6, 6.07) is 5.31. The Bertz CT molecular complexity index is 426. The molecule has 1 aromatic carbocycles. The number of rotatable bonds is 2. The minimum atomic E-state index is -4.30. The Balaban J connectivity index is 2.14. The molecule has 0 aliphatic carbocycles. The van der Waals surface area contributed by atoms with E-state index in [0.29, 0.717) is 17.9 Å². The first-order chi connectivity index (χ1) is 7.97. The molecule has 0 amide bonds. The fourth-order valence-corrected chi connectivity index (χ4v) is 1.97. The first kappa shape index (κ1) is 12.0. The molecule has 0 atom stereocenters. The molecule has 1 saturated heterocycles. The third-order valence-corrected chi connectivity index (χ3v) is 2.85. The smallest absolute Gasteiger partial charge is 0.356 e. The maximum atomic E-state index is 12.5. The van der Waals surface area contributed by atoms with Crippen LogP contribution >= 0.6 is 0 Å². The van der Waals surface area contributed by atoms with Crippen LogP contribution in [0.25, 0.3) is 0 Å². The number of likely N-dealkylation sites (tertiary alicyclic amines) is 1. The van der Waals surface area contributed by atoms with Gasteiger partial charge in [-0.05, 0) is 24.1 Å². The van der Waals surface area contributed by atoms with Crippen molar-refractivity contribution in [3.05, 3.63) is 35.4 Å². The van der Waals surface area contributed by atoms with Crippen LogP contribution in [-0.2, 0) is 12.7 Å². The van der Waals surface area contributed by atoms with Crippen molar-refractivity contribution in [3.63, 3.8) is 0 Å². The van der Waals surface area contributed by atoms with Gasteiger partial charge >= 0.3 is 6.18 Å². The van der Waals surface area contributed by atoms with E-state index in [1.807, 2.05) is 4.90 Å². The molecule has 5 heteroatoms. The number of amidine groups is 1. The predicted octanol–water partition coefficient (Wildman–Crippen LogP) is 3.28. The third kappa shape index (κ3) is 2.78. The van der Waals surface area contributed by atoms with Crippen molar-refractivity contribution in [2.24, 2.45) is 0 Å². The van der Waals surface area contributed by atoms with Gasteiger partial charge in [-0.3, -0.25) is 5.41 Å². The average Bonchev–Trinajstić information content (AvgIpc) is 2.64. The summed E-state index contributed by atoms with van der Waals surface area (Å²) >= 11 is 0. The number of nitrogens with zero attached hydrogens (tertiary/aromatic N) is 1. The molecule has 2 rings (SSSR count). The van der Waals surface area contributed by atoms with Gasteiger partial charge in [0.1, 0.15) is 0 Å². The summed E-state index contributed by atoms with van der Waals surface area (Å²) in [5.41, 5.74) is -0.0211. The van der Waals surface area contributed by atoms with Gasteiger partial charge in [0.05, 0.1) is 11.4 Å². The summed E-state index contributed by atoms with van der Waals surface area (Å²) < 4.78 is 37.5. The Morgan fingerprint density at radius 1 is 1.29 bits per heavy atom. The van der Waals surface area contributed by atoms with E-state index >= 15 is 0 Å². The summed E-state index contributed by atoms with van der Waals surface area (Å²) in [4.78, 5) is 1.81. The monoisotopic (exact) mass is 242 g/mol. The standard InChI is InChI=1S/C12H13F3N2/c13-12(14,15)10-4-1-3-9(7-10)8-17-6-2-5-11(17)16/h1,3-4,7,16H,2,5-6,8H2. The van der Waals surface area contributed by atoms with E-state index in [4.69, 9.17) is 5.41 Å². The fraction of sp³-hybridized carbons (Fsp3) is 0.417. The molecule has 0 saturated carbocycles. The summed E-state index contributed by atoms with van der Waals surface area (Å²) in [5.74, 6) is 0.516. The van der Waals surface area contributed by atoms with Crippen LogP contribution in [0.2, 0.25) is 0 Å². The predicted molar refractivity (Wildman–Crippen MR) is 58.8 cm³/mol. The molecule has 1 aliphatic rings. The quantitative estimate of drug-likeness (QED) is 0.846. The normalized spacial score (nSPS) is 16.6. The van der Waals surface area contributed by atoms with Gasteiger partial charge in [-0.15, -0.1) is 0 Å². The summed E-state index contributed by atoms with van der Waals surface area (Å²) in [6.07, 6.45) is -2.66. The van der Waals surface area contributed by atoms with Crippen LogP contribution in [0.15, 0.2) is 24.3 Å². The number of nitrogens with one attached hydrogen (secondary N) is 1. The van der Waals surface area contributed by atoms with Crippen LogP contribution in [0.5, 0.6) is 0 Å². The van der Waals surface area contributed by atoms with E-state index in [0.717, 1.165) is 31.5 Å². The van der Waals surface area contributed by atoms with Crippen LogP contribution in [0.1, 0.15) is 24.0 Å². The molecule has 0 bridgehead atoms. The minimum absolute atomic E-state index is 0.392. The lowest BCUT2D eigenvalue weighted by Gasteiger charge is -2.18. The summed E-state index contributed by atoms with van der Waals surface area (Å²) in [5, 5.41) is 7.64. The van der Waals surface area contributed by atoms with Gasteiger partial charge in [0, 0.05) is 19.5 Å². The maximum absolute atomic E-state index is 12.5. The van der Waals surface area contributed by atoms with Crippen LogP contribution in [-0.4, -0.2) is 17.3 Å². The number of alkyl halides is 3. The van der Waals surface area contributed by atoms with Gasteiger partial charge in [-0.25, -0.2) is 0 Å². The van der Waals surface area contributed by atoms with E-state index in [1.54, 1.807) is 6.07 Å². The highest BCUT2D eigenvalue weighted by atomic mass is 19.4. The molecule has 17 heavy (non-hydrogen) atoms. The topological polar surface area (TPSA) is 27.1 Å². The molecule has 0 spiro atoms. The fourth-order valence-electron chi connectivity index (χ4n) is 1.97. The Morgan fingerprint density at radius 3 is 2.65 bits per heavy atom. The van der Waals surface area contributed by atoms with Gasteiger partial charge in [0.25, 0.3) is 0 Å². The summed E-state index contributed by atoms with van der Waals surface area (Å²) in [6.45, 7) is 1.15. The molecule has 1 fully saturated rings. The largest absolute Gasteiger partial charge is 0.416 e. The lowest BCUT2D eigenvalue weighted by molar-refractivity contribution is -0.137. The Kier molecular flexibility index (Phi) is 3.09. The lowest BCUT2D eigenvalue weighted by Crippen LogP contribution is -2.23. The number of halogens is 3. The molecule has 2 nitrogen and oxygen atoms in total. The zero-order valence-electron chi connectivity index (χ0n) is 9.22. The lowest BCUT2D eigenvalue weighted by atomic mass is 10.1. The Hall–Kier alpha value is -1.52. The Labute approximate surface area is 97.6 Å². The molecular formula is C12H13F3N2. The SMILES string of the molecule is N=C1CCCN1Cc1cccc(C(F)(F)F)c1.